The highest BCUT2D eigenvalue weighted by Crippen LogP contribution is 2.24. The first-order valence-electron chi connectivity index (χ1n) is 11.8. The molecule has 0 radical (unpaired) electrons. The lowest BCUT2D eigenvalue weighted by Crippen LogP contribution is -2.40. The number of piperidine rings is 1. The van der Waals surface area contributed by atoms with Crippen molar-refractivity contribution in [3.8, 4) is 0 Å². The molecule has 0 bridgehead atoms. The van der Waals surface area contributed by atoms with E-state index < -0.39 is 10.0 Å². The molecule has 8 heteroatoms. The third kappa shape index (κ3) is 7.05. The maximum Gasteiger partial charge on any atom is 0.264 e. The fraction of sp³-hybridized carbons (Fsp3) is 0.296. The highest BCUT2D eigenvalue weighted by molar-refractivity contribution is 14.1. The molecule has 0 atom stereocenters. The van der Waals surface area contributed by atoms with Gasteiger partial charge in [0.05, 0.1) is 10.6 Å². The van der Waals surface area contributed by atoms with Crippen LogP contribution in [0.25, 0.3) is 0 Å². The SMILES string of the molecule is O=C(CN(c1ccc(I)cc1)S(=O)(=O)c1ccccc1)NCc1ccc(CN2CCCCC2)cc1. The van der Waals surface area contributed by atoms with Gasteiger partial charge in [-0.1, -0.05) is 48.9 Å². The number of halogens is 1. The number of anilines is 1. The Kier molecular flexibility index (Phi) is 8.80. The molecule has 1 amide bonds. The third-order valence-electron chi connectivity index (χ3n) is 6.10. The molecule has 1 saturated heterocycles. The topological polar surface area (TPSA) is 69.7 Å². The molecular weight excluding hydrogens is 573 g/mol. The van der Waals surface area contributed by atoms with Crippen LogP contribution in [-0.2, 0) is 27.9 Å². The van der Waals surface area contributed by atoms with Crippen LogP contribution < -0.4 is 9.62 Å². The van der Waals surface area contributed by atoms with Crippen LogP contribution in [-0.4, -0.2) is 38.9 Å². The van der Waals surface area contributed by atoms with Gasteiger partial charge in [0.1, 0.15) is 6.54 Å². The molecule has 1 fully saturated rings. The molecule has 0 unspecified atom stereocenters. The van der Waals surface area contributed by atoms with E-state index in [1.807, 2.05) is 24.3 Å². The zero-order valence-electron chi connectivity index (χ0n) is 19.6. The summed E-state index contributed by atoms with van der Waals surface area (Å²) in [5.41, 5.74) is 2.69. The Labute approximate surface area is 221 Å². The van der Waals surface area contributed by atoms with Crippen molar-refractivity contribution in [2.45, 2.75) is 37.2 Å². The smallest absolute Gasteiger partial charge is 0.264 e. The Morgan fingerprint density at radius 3 is 2.14 bits per heavy atom. The van der Waals surface area contributed by atoms with Crippen molar-refractivity contribution < 1.29 is 13.2 Å². The Bertz CT molecular complexity index is 1210. The molecule has 35 heavy (non-hydrogen) atoms. The molecule has 3 aromatic rings. The summed E-state index contributed by atoms with van der Waals surface area (Å²) in [5, 5.41) is 2.88. The second kappa shape index (κ2) is 12.0. The average Bonchev–Trinajstić information content (AvgIpc) is 2.88. The molecule has 0 saturated carbocycles. The third-order valence-corrected chi connectivity index (χ3v) is 8.61. The van der Waals surface area contributed by atoms with Crippen LogP contribution in [0.2, 0.25) is 0 Å². The van der Waals surface area contributed by atoms with Crippen molar-refractivity contribution in [2.24, 2.45) is 0 Å². The number of carbonyl (C=O) groups excluding carboxylic acids is 1. The van der Waals surface area contributed by atoms with Gasteiger partial charge in [-0.2, -0.15) is 0 Å². The van der Waals surface area contributed by atoms with Gasteiger partial charge in [0.25, 0.3) is 10.0 Å². The minimum Gasteiger partial charge on any atom is -0.350 e. The van der Waals surface area contributed by atoms with Crippen molar-refractivity contribution in [2.75, 3.05) is 23.9 Å². The Morgan fingerprint density at radius 1 is 0.857 bits per heavy atom. The second-order valence-electron chi connectivity index (χ2n) is 8.73. The number of benzene rings is 3. The molecule has 4 rings (SSSR count). The second-order valence-corrected chi connectivity index (χ2v) is 11.8. The Hall–Kier alpha value is -2.43. The summed E-state index contributed by atoms with van der Waals surface area (Å²) in [7, 11) is -3.90. The molecular formula is C27H30IN3O3S. The first kappa shape index (κ1) is 25.7. The monoisotopic (exact) mass is 603 g/mol. The van der Waals surface area contributed by atoms with Crippen molar-refractivity contribution in [3.63, 3.8) is 0 Å². The van der Waals surface area contributed by atoms with Gasteiger partial charge in [0.2, 0.25) is 5.91 Å². The fourth-order valence-electron chi connectivity index (χ4n) is 4.17. The normalized spacial score (nSPS) is 14.4. The number of likely N-dealkylation sites (tertiary alicyclic amines) is 1. The summed E-state index contributed by atoms with van der Waals surface area (Å²) in [6.45, 7) is 3.30. The lowest BCUT2D eigenvalue weighted by molar-refractivity contribution is -0.119. The highest BCUT2D eigenvalue weighted by Gasteiger charge is 2.27. The van der Waals surface area contributed by atoms with Crippen molar-refractivity contribution in [1.82, 2.24) is 10.2 Å². The van der Waals surface area contributed by atoms with Crippen LogP contribution in [0.15, 0.2) is 83.8 Å². The molecule has 1 aliphatic rings. The molecule has 0 spiro atoms. The van der Waals surface area contributed by atoms with Crippen LogP contribution in [0, 0.1) is 3.57 Å². The fourth-order valence-corrected chi connectivity index (χ4v) is 5.97. The molecule has 6 nitrogen and oxygen atoms in total. The van der Waals surface area contributed by atoms with Gasteiger partial charge in [0.15, 0.2) is 0 Å². The largest absolute Gasteiger partial charge is 0.350 e. The number of carbonyl (C=O) groups is 1. The number of nitrogens with one attached hydrogen (secondary N) is 1. The predicted octanol–water partition coefficient (Wildman–Crippen LogP) is 4.79. The Morgan fingerprint density at radius 2 is 1.49 bits per heavy atom. The summed E-state index contributed by atoms with van der Waals surface area (Å²) in [6.07, 6.45) is 3.86. The molecule has 1 heterocycles. The summed E-state index contributed by atoms with van der Waals surface area (Å²) in [5.74, 6) is -0.361. The molecule has 0 aromatic heterocycles. The van der Waals surface area contributed by atoms with E-state index in [1.165, 1.54) is 24.8 Å². The van der Waals surface area contributed by atoms with Crippen LogP contribution in [0.3, 0.4) is 0 Å². The van der Waals surface area contributed by atoms with Crippen molar-refractivity contribution in [3.05, 3.63) is 93.6 Å². The van der Waals surface area contributed by atoms with E-state index in [1.54, 1.807) is 42.5 Å². The lowest BCUT2D eigenvalue weighted by Gasteiger charge is -2.26. The van der Waals surface area contributed by atoms with E-state index in [9.17, 15) is 13.2 Å². The van der Waals surface area contributed by atoms with E-state index >= 15 is 0 Å². The van der Waals surface area contributed by atoms with Gasteiger partial charge in [-0.25, -0.2) is 8.42 Å². The number of hydrogen-bond acceptors (Lipinski definition) is 4. The summed E-state index contributed by atoms with van der Waals surface area (Å²) >= 11 is 2.17. The van der Waals surface area contributed by atoms with Crippen LogP contribution in [0.5, 0.6) is 0 Å². The van der Waals surface area contributed by atoms with Crippen LogP contribution >= 0.6 is 22.6 Å². The zero-order chi connectivity index (χ0) is 24.7. The molecule has 0 aliphatic carbocycles. The number of sulfonamides is 1. The number of amides is 1. The first-order chi connectivity index (χ1) is 16.9. The minimum atomic E-state index is -3.90. The summed E-state index contributed by atoms with van der Waals surface area (Å²) < 4.78 is 28.9. The predicted molar refractivity (Wildman–Crippen MR) is 148 cm³/mol. The van der Waals surface area contributed by atoms with Crippen LogP contribution in [0.1, 0.15) is 30.4 Å². The van der Waals surface area contributed by atoms with Gasteiger partial charge >= 0.3 is 0 Å². The quantitative estimate of drug-likeness (QED) is 0.358. The molecule has 184 valence electrons. The van der Waals surface area contributed by atoms with E-state index in [0.29, 0.717) is 12.2 Å². The maximum atomic E-state index is 13.4. The van der Waals surface area contributed by atoms with E-state index in [-0.39, 0.29) is 17.3 Å². The zero-order valence-corrected chi connectivity index (χ0v) is 22.5. The van der Waals surface area contributed by atoms with E-state index in [4.69, 9.17) is 0 Å². The van der Waals surface area contributed by atoms with E-state index in [2.05, 4.69) is 44.9 Å². The van der Waals surface area contributed by atoms with Gasteiger partial charge < -0.3 is 5.32 Å². The number of rotatable bonds is 9. The van der Waals surface area contributed by atoms with Gasteiger partial charge in [-0.3, -0.25) is 14.0 Å². The van der Waals surface area contributed by atoms with Crippen molar-refractivity contribution >= 4 is 44.2 Å². The van der Waals surface area contributed by atoms with Gasteiger partial charge in [-0.05, 0) is 96.0 Å². The van der Waals surface area contributed by atoms with Gasteiger partial charge in [-0.15, -0.1) is 0 Å². The number of hydrogen-bond donors (Lipinski definition) is 1. The van der Waals surface area contributed by atoms with E-state index in [0.717, 1.165) is 33.1 Å². The minimum absolute atomic E-state index is 0.149. The highest BCUT2D eigenvalue weighted by atomic mass is 127. The van der Waals surface area contributed by atoms with Gasteiger partial charge in [0, 0.05) is 16.7 Å². The standard InChI is InChI=1S/C27H30IN3O3S/c28-24-13-15-25(16-14-24)31(35(33,34)26-7-3-1-4-8-26)21-27(32)29-19-22-9-11-23(12-10-22)20-30-17-5-2-6-18-30/h1,3-4,7-16H,2,5-6,17-21H2,(H,29,32). The lowest BCUT2D eigenvalue weighted by atomic mass is 10.1. The van der Waals surface area contributed by atoms with Crippen molar-refractivity contribution in [1.29, 1.82) is 0 Å². The Balaban J connectivity index is 1.41. The molecule has 3 aromatic carbocycles. The average molecular weight is 604 g/mol. The molecule has 1 aliphatic heterocycles. The summed E-state index contributed by atoms with van der Waals surface area (Å²) in [4.78, 5) is 15.5. The first-order valence-corrected chi connectivity index (χ1v) is 14.3. The number of nitrogens with zero attached hydrogens (tertiary/aromatic N) is 2. The molecule has 1 N–H and O–H groups in total. The maximum absolute atomic E-state index is 13.4. The summed E-state index contributed by atoms with van der Waals surface area (Å²) in [6, 6.07) is 23.5. The van der Waals surface area contributed by atoms with Crippen LogP contribution in [0.4, 0.5) is 5.69 Å².